The molecule has 0 spiro atoms. The van der Waals surface area contributed by atoms with E-state index >= 15 is 0 Å². The number of anilines is 1. The second-order valence-electron chi connectivity index (χ2n) is 8.91. The summed E-state index contributed by atoms with van der Waals surface area (Å²) in [6.45, 7) is 4.31. The first-order chi connectivity index (χ1) is 18.2. The van der Waals surface area contributed by atoms with Crippen molar-refractivity contribution in [3.05, 3.63) is 64.7 Å². The lowest BCUT2D eigenvalue weighted by molar-refractivity contribution is -0.137. The molecule has 11 heteroatoms. The van der Waals surface area contributed by atoms with Gasteiger partial charge in [-0.05, 0) is 61.4 Å². The third-order valence-corrected chi connectivity index (χ3v) is 6.47. The van der Waals surface area contributed by atoms with Crippen molar-refractivity contribution >= 4 is 35.3 Å². The number of halogens is 4. The van der Waals surface area contributed by atoms with Gasteiger partial charge in [-0.15, -0.1) is 0 Å². The summed E-state index contributed by atoms with van der Waals surface area (Å²) in [7, 11) is 1.54. The second kappa shape index (κ2) is 14.1. The number of piperazine rings is 1. The molecule has 3 rings (SSSR count). The number of alkyl halides is 3. The number of ether oxygens (including phenoxy) is 1. The average Bonchev–Trinajstić information content (AvgIpc) is 2.89. The van der Waals surface area contributed by atoms with E-state index in [0.29, 0.717) is 41.7 Å². The number of benzene rings is 2. The molecule has 0 bridgehead atoms. The minimum absolute atomic E-state index is 0.158. The van der Waals surface area contributed by atoms with Crippen molar-refractivity contribution in [2.45, 2.75) is 25.4 Å². The van der Waals surface area contributed by atoms with Crippen molar-refractivity contribution < 1.29 is 27.5 Å². The third kappa shape index (κ3) is 9.25. The van der Waals surface area contributed by atoms with Gasteiger partial charge in [0.2, 0.25) is 5.91 Å². The van der Waals surface area contributed by atoms with Crippen LogP contribution < -0.4 is 15.4 Å². The van der Waals surface area contributed by atoms with Gasteiger partial charge in [0.25, 0.3) is 0 Å². The molecule has 0 aromatic heterocycles. The van der Waals surface area contributed by atoms with E-state index in [0.717, 1.165) is 51.0 Å². The smallest absolute Gasteiger partial charge is 0.416 e. The zero-order chi connectivity index (χ0) is 27.5. The highest BCUT2D eigenvalue weighted by atomic mass is 35.5. The Morgan fingerprint density at radius 3 is 2.37 bits per heavy atom. The van der Waals surface area contributed by atoms with Crippen molar-refractivity contribution in [1.29, 1.82) is 0 Å². The first kappa shape index (κ1) is 29.3. The molecule has 0 atom stereocenters. The average molecular weight is 553 g/mol. The molecule has 1 aliphatic heterocycles. The van der Waals surface area contributed by atoms with E-state index in [9.17, 15) is 22.8 Å². The van der Waals surface area contributed by atoms with Crippen molar-refractivity contribution in [3.8, 4) is 5.75 Å². The number of carbonyl (C=O) groups is 2. The van der Waals surface area contributed by atoms with E-state index in [4.69, 9.17) is 16.3 Å². The standard InChI is InChI=1S/C27H32ClF3N4O3/c1-38-24-11-10-22(19-23(24)28)33-26(37)35-17-15-34(16-18-35)14-4-2-3-13-32-25(36)12-7-20-5-8-21(9-6-20)27(29,30)31/h5-12,19H,2-4,13-18H2,1H3,(H,32,36)(H,33,37)/b12-7+. The van der Waals surface area contributed by atoms with Gasteiger partial charge in [0.1, 0.15) is 5.75 Å². The Labute approximate surface area is 225 Å². The number of rotatable bonds is 10. The fourth-order valence-corrected chi connectivity index (χ4v) is 4.24. The summed E-state index contributed by atoms with van der Waals surface area (Å²) in [6.07, 6.45) is 1.18. The zero-order valence-corrected chi connectivity index (χ0v) is 21.9. The zero-order valence-electron chi connectivity index (χ0n) is 21.2. The van der Waals surface area contributed by atoms with Crippen LogP contribution in [-0.4, -0.2) is 68.1 Å². The van der Waals surface area contributed by atoms with E-state index in [-0.39, 0.29) is 11.9 Å². The van der Waals surface area contributed by atoms with Crippen LogP contribution in [0.15, 0.2) is 48.5 Å². The van der Waals surface area contributed by atoms with E-state index in [2.05, 4.69) is 15.5 Å². The van der Waals surface area contributed by atoms with E-state index < -0.39 is 11.7 Å². The summed E-state index contributed by atoms with van der Waals surface area (Å²) >= 11 is 6.12. The molecule has 38 heavy (non-hydrogen) atoms. The first-order valence-corrected chi connectivity index (χ1v) is 12.8. The molecule has 0 aliphatic carbocycles. The third-order valence-electron chi connectivity index (χ3n) is 6.18. The van der Waals surface area contributed by atoms with Gasteiger partial charge in [-0.2, -0.15) is 13.2 Å². The van der Waals surface area contributed by atoms with Gasteiger partial charge < -0.3 is 20.3 Å². The molecule has 3 amide bonds. The number of unbranched alkanes of at least 4 members (excludes halogenated alkanes) is 2. The normalized spacial score (nSPS) is 14.5. The number of urea groups is 1. The highest BCUT2D eigenvalue weighted by Crippen LogP contribution is 2.29. The lowest BCUT2D eigenvalue weighted by Gasteiger charge is -2.34. The number of hydrogen-bond acceptors (Lipinski definition) is 4. The largest absolute Gasteiger partial charge is 0.495 e. The van der Waals surface area contributed by atoms with Gasteiger partial charge in [-0.3, -0.25) is 9.69 Å². The molecule has 2 aromatic rings. The molecular weight excluding hydrogens is 521 g/mol. The Balaban J connectivity index is 1.25. The predicted molar refractivity (Wildman–Crippen MR) is 142 cm³/mol. The van der Waals surface area contributed by atoms with Crippen LogP contribution in [0, 0.1) is 0 Å². The minimum atomic E-state index is -4.38. The topological polar surface area (TPSA) is 73.9 Å². The first-order valence-electron chi connectivity index (χ1n) is 12.4. The molecule has 2 N–H and O–H groups in total. The van der Waals surface area contributed by atoms with Crippen molar-refractivity contribution in [3.63, 3.8) is 0 Å². The maximum atomic E-state index is 12.6. The summed E-state index contributed by atoms with van der Waals surface area (Å²) in [5.41, 5.74) is 0.420. The van der Waals surface area contributed by atoms with Crippen molar-refractivity contribution in [2.24, 2.45) is 0 Å². The second-order valence-corrected chi connectivity index (χ2v) is 9.32. The minimum Gasteiger partial charge on any atom is -0.495 e. The Hall–Kier alpha value is -3.24. The van der Waals surface area contributed by atoms with Gasteiger partial charge in [0.15, 0.2) is 0 Å². The van der Waals surface area contributed by atoms with Crippen LogP contribution in [0.25, 0.3) is 6.08 Å². The van der Waals surface area contributed by atoms with E-state index in [1.165, 1.54) is 31.4 Å². The number of methoxy groups -OCH3 is 1. The molecule has 1 aliphatic rings. The fraction of sp³-hybridized carbons (Fsp3) is 0.407. The Morgan fingerprint density at radius 2 is 1.74 bits per heavy atom. The number of nitrogens with zero attached hydrogens (tertiary/aromatic N) is 2. The van der Waals surface area contributed by atoms with Gasteiger partial charge >= 0.3 is 12.2 Å². The van der Waals surface area contributed by atoms with Gasteiger partial charge in [-0.25, -0.2) is 4.79 Å². The van der Waals surface area contributed by atoms with Crippen LogP contribution in [0.5, 0.6) is 5.75 Å². The van der Waals surface area contributed by atoms with Gasteiger partial charge in [0, 0.05) is 44.5 Å². The molecule has 206 valence electrons. The van der Waals surface area contributed by atoms with Crippen molar-refractivity contribution in [2.75, 3.05) is 51.7 Å². The Morgan fingerprint density at radius 1 is 1.03 bits per heavy atom. The van der Waals surface area contributed by atoms with Gasteiger partial charge in [-0.1, -0.05) is 30.2 Å². The SMILES string of the molecule is COc1ccc(NC(=O)N2CCN(CCCCCNC(=O)/C=C/c3ccc(C(F)(F)F)cc3)CC2)cc1Cl. The summed E-state index contributed by atoms with van der Waals surface area (Å²) in [5.74, 6) is 0.269. The van der Waals surface area contributed by atoms with Crippen LogP contribution >= 0.6 is 11.6 Å². The monoisotopic (exact) mass is 552 g/mol. The summed E-state index contributed by atoms with van der Waals surface area (Å²) in [5, 5.41) is 6.09. The van der Waals surface area contributed by atoms with E-state index in [1.54, 1.807) is 23.1 Å². The van der Waals surface area contributed by atoms with Crippen molar-refractivity contribution in [1.82, 2.24) is 15.1 Å². The summed E-state index contributed by atoms with van der Waals surface area (Å²) < 4.78 is 42.9. The summed E-state index contributed by atoms with van der Waals surface area (Å²) in [4.78, 5) is 28.6. The number of carbonyl (C=O) groups excluding carboxylic acids is 2. The molecule has 1 heterocycles. The number of hydrogen-bond donors (Lipinski definition) is 2. The highest BCUT2D eigenvalue weighted by Gasteiger charge is 2.29. The lowest BCUT2D eigenvalue weighted by Crippen LogP contribution is -2.50. The molecular formula is C27H32ClF3N4O3. The molecule has 2 aromatic carbocycles. The van der Waals surface area contributed by atoms with Crippen LogP contribution in [0.4, 0.5) is 23.7 Å². The van der Waals surface area contributed by atoms with Crippen LogP contribution in [0.2, 0.25) is 5.02 Å². The van der Waals surface area contributed by atoms with Crippen LogP contribution in [0.1, 0.15) is 30.4 Å². The lowest BCUT2D eigenvalue weighted by atomic mass is 10.1. The number of nitrogens with one attached hydrogen (secondary N) is 2. The van der Waals surface area contributed by atoms with Crippen LogP contribution in [-0.2, 0) is 11.0 Å². The molecule has 0 unspecified atom stereocenters. The number of amides is 3. The van der Waals surface area contributed by atoms with Gasteiger partial charge in [0.05, 0.1) is 17.7 Å². The highest BCUT2D eigenvalue weighted by molar-refractivity contribution is 6.32. The quantitative estimate of drug-likeness (QED) is 0.301. The molecule has 7 nitrogen and oxygen atoms in total. The predicted octanol–water partition coefficient (Wildman–Crippen LogP) is 5.52. The fourth-order valence-electron chi connectivity index (χ4n) is 3.98. The maximum absolute atomic E-state index is 12.6. The molecule has 1 fully saturated rings. The van der Waals surface area contributed by atoms with Crippen LogP contribution in [0.3, 0.4) is 0 Å². The summed E-state index contributed by atoms with van der Waals surface area (Å²) in [6, 6.07) is 9.60. The Kier molecular flexibility index (Phi) is 10.8. The molecule has 1 saturated heterocycles. The molecule has 0 saturated carbocycles. The van der Waals surface area contributed by atoms with E-state index in [1.807, 2.05) is 0 Å². The Bertz CT molecular complexity index is 1100. The molecule has 0 radical (unpaired) electrons. The maximum Gasteiger partial charge on any atom is 0.416 e.